The Morgan fingerprint density at radius 1 is 1.25 bits per heavy atom. The van der Waals surface area contributed by atoms with Gasteiger partial charge in [0.2, 0.25) is 0 Å². The number of tetrazole rings is 1. The molecule has 4 nitrogen and oxygen atoms in total. The number of hydrogen-bond donors (Lipinski definition) is 0. The number of rotatable bonds is 2. The van der Waals surface area contributed by atoms with Crippen molar-refractivity contribution in [1.82, 2.24) is 20.2 Å². The number of aryl methyl sites for hydroxylation is 2. The molecule has 0 spiro atoms. The van der Waals surface area contributed by atoms with E-state index in [1.54, 1.807) is 11.7 Å². The fourth-order valence-electron chi connectivity index (χ4n) is 0.628. The van der Waals surface area contributed by atoms with Gasteiger partial charge < -0.3 is 0 Å². The second kappa shape index (κ2) is 6.76. The highest BCUT2D eigenvalue weighted by atomic mass is 15.5. The van der Waals surface area contributed by atoms with E-state index in [2.05, 4.69) is 29.4 Å². The summed E-state index contributed by atoms with van der Waals surface area (Å²) in [6, 6.07) is 0. The van der Waals surface area contributed by atoms with Crippen molar-refractivity contribution in [2.45, 2.75) is 40.0 Å². The molecule has 4 heteroatoms. The Kier molecular flexibility index (Phi) is 6.24. The maximum Gasteiger partial charge on any atom is 0.147 e. The average Bonchev–Trinajstić information content (AvgIpc) is 2.39. The molecule has 0 aliphatic carbocycles. The number of unbranched alkanes of at least 4 members (excludes halogenated alkanes) is 2. The van der Waals surface area contributed by atoms with Crippen molar-refractivity contribution < 1.29 is 0 Å². The molecular weight excluding hydrogens is 152 g/mol. The molecule has 0 aliphatic rings. The highest BCUT2D eigenvalue weighted by Crippen LogP contribution is 1.88. The fourth-order valence-corrected chi connectivity index (χ4v) is 0.628. The molecule has 0 N–H and O–H groups in total. The third-order valence-electron chi connectivity index (χ3n) is 1.54. The third-order valence-corrected chi connectivity index (χ3v) is 1.54. The van der Waals surface area contributed by atoms with Gasteiger partial charge in [-0.15, -0.1) is 5.10 Å². The van der Waals surface area contributed by atoms with Gasteiger partial charge in [-0.05, 0) is 17.4 Å². The van der Waals surface area contributed by atoms with Crippen molar-refractivity contribution in [2.75, 3.05) is 0 Å². The highest BCUT2D eigenvalue weighted by Gasteiger charge is 1.87. The second-order valence-electron chi connectivity index (χ2n) is 2.70. The lowest BCUT2D eigenvalue weighted by molar-refractivity contribution is 0.695. The summed E-state index contributed by atoms with van der Waals surface area (Å²) in [5.74, 6) is 0.833. The number of hydrogen-bond acceptors (Lipinski definition) is 3. The zero-order chi connectivity index (χ0) is 9.40. The highest BCUT2D eigenvalue weighted by molar-refractivity contribution is 4.69. The van der Waals surface area contributed by atoms with Crippen molar-refractivity contribution in [3.05, 3.63) is 5.82 Å². The minimum atomic E-state index is 0.833. The van der Waals surface area contributed by atoms with E-state index in [0.717, 1.165) is 5.82 Å². The smallest absolute Gasteiger partial charge is 0.147 e. The van der Waals surface area contributed by atoms with Gasteiger partial charge in [-0.3, -0.25) is 0 Å². The molecule has 1 rings (SSSR count). The second-order valence-corrected chi connectivity index (χ2v) is 2.70. The summed E-state index contributed by atoms with van der Waals surface area (Å²) < 4.78 is 1.61. The molecule has 0 unspecified atom stereocenters. The summed E-state index contributed by atoms with van der Waals surface area (Å²) >= 11 is 0. The van der Waals surface area contributed by atoms with Crippen LogP contribution in [0.3, 0.4) is 0 Å². The lowest BCUT2D eigenvalue weighted by Gasteiger charge is -1.81. The predicted octanol–water partition coefficient (Wildman–Crippen LogP) is 1.72. The molecule has 1 aromatic rings. The van der Waals surface area contributed by atoms with Crippen LogP contribution in [-0.4, -0.2) is 20.2 Å². The molecule has 1 aromatic heterocycles. The van der Waals surface area contributed by atoms with Crippen LogP contribution in [-0.2, 0) is 7.05 Å². The van der Waals surface area contributed by atoms with Gasteiger partial charge in [0.1, 0.15) is 5.82 Å². The van der Waals surface area contributed by atoms with Crippen LogP contribution in [0.1, 0.15) is 38.9 Å². The van der Waals surface area contributed by atoms with Crippen molar-refractivity contribution in [2.24, 2.45) is 7.05 Å². The van der Waals surface area contributed by atoms with Gasteiger partial charge in [0.25, 0.3) is 0 Å². The van der Waals surface area contributed by atoms with Crippen LogP contribution in [0.5, 0.6) is 0 Å². The first kappa shape index (κ1) is 11.1. The molecule has 0 amide bonds. The zero-order valence-electron chi connectivity index (χ0n) is 8.41. The molecule has 0 fully saturated rings. The van der Waals surface area contributed by atoms with Crippen LogP contribution in [0.15, 0.2) is 0 Å². The van der Waals surface area contributed by atoms with E-state index < -0.39 is 0 Å². The SMILES string of the molecule is CCCCC.Cc1nnnn1C. The average molecular weight is 170 g/mol. The van der Waals surface area contributed by atoms with E-state index in [-0.39, 0.29) is 0 Å². The maximum absolute atomic E-state index is 3.62. The van der Waals surface area contributed by atoms with Crippen LogP contribution in [0, 0.1) is 6.92 Å². The Hall–Kier alpha value is -0.930. The quantitative estimate of drug-likeness (QED) is 0.678. The van der Waals surface area contributed by atoms with Gasteiger partial charge in [0.05, 0.1) is 0 Å². The Balaban J connectivity index is 0.000000217. The van der Waals surface area contributed by atoms with Crippen molar-refractivity contribution >= 4 is 0 Å². The topological polar surface area (TPSA) is 43.6 Å². The number of nitrogens with zero attached hydrogens (tertiary/aromatic N) is 4. The van der Waals surface area contributed by atoms with Gasteiger partial charge in [0, 0.05) is 7.05 Å². The fraction of sp³-hybridized carbons (Fsp3) is 0.875. The molecule has 12 heavy (non-hydrogen) atoms. The van der Waals surface area contributed by atoms with Crippen LogP contribution in [0.25, 0.3) is 0 Å². The molecule has 0 radical (unpaired) electrons. The Bertz CT molecular complexity index is 176. The Labute approximate surface area is 74.0 Å². The molecular formula is C8H18N4. The first-order valence-corrected chi connectivity index (χ1v) is 4.41. The van der Waals surface area contributed by atoms with Crippen LogP contribution in [0.2, 0.25) is 0 Å². The number of aromatic nitrogens is 4. The summed E-state index contributed by atoms with van der Waals surface area (Å²) in [5, 5.41) is 10.6. The lowest BCUT2D eigenvalue weighted by atomic mass is 10.3. The summed E-state index contributed by atoms with van der Waals surface area (Å²) in [5.41, 5.74) is 0. The zero-order valence-corrected chi connectivity index (χ0v) is 8.41. The van der Waals surface area contributed by atoms with E-state index >= 15 is 0 Å². The Morgan fingerprint density at radius 2 is 1.83 bits per heavy atom. The van der Waals surface area contributed by atoms with E-state index in [1.807, 2.05) is 6.92 Å². The van der Waals surface area contributed by atoms with Gasteiger partial charge in [-0.2, -0.15) is 0 Å². The van der Waals surface area contributed by atoms with Crippen LogP contribution < -0.4 is 0 Å². The first-order valence-electron chi connectivity index (χ1n) is 4.41. The predicted molar refractivity (Wildman–Crippen MR) is 48.7 cm³/mol. The van der Waals surface area contributed by atoms with Crippen LogP contribution >= 0.6 is 0 Å². The van der Waals surface area contributed by atoms with E-state index in [1.165, 1.54) is 19.3 Å². The molecule has 1 heterocycles. The molecule has 0 atom stereocenters. The van der Waals surface area contributed by atoms with Crippen molar-refractivity contribution in [3.63, 3.8) is 0 Å². The molecule has 0 aliphatic heterocycles. The third kappa shape index (κ3) is 4.82. The maximum atomic E-state index is 3.62. The van der Waals surface area contributed by atoms with E-state index in [9.17, 15) is 0 Å². The van der Waals surface area contributed by atoms with Crippen LogP contribution in [0.4, 0.5) is 0 Å². The minimum Gasteiger partial charge on any atom is -0.233 e. The monoisotopic (exact) mass is 170 g/mol. The van der Waals surface area contributed by atoms with Gasteiger partial charge >= 0.3 is 0 Å². The van der Waals surface area contributed by atoms with E-state index in [4.69, 9.17) is 0 Å². The van der Waals surface area contributed by atoms with Gasteiger partial charge in [0.15, 0.2) is 0 Å². The van der Waals surface area contributed by atoms with Gasteiger partial charge in [-0.25, -0.2) is 4.68 Å². The summed E-state index contributed by atoms with van der Waals surface area (Å²) in [4.78, 5) is 0. The summed E-state index contributed by atoms with van der Waals surface area (Å²) in [7, 11) is 1.80. The van der Waals surface area contributed by atoms with Crippen molar-refractivity contribution in [3.8, 4) is 0 Å². The molecule has 0 bridgehead atoms. The lowest BCUT2D eigenvalue weighted by Crippen LogP contribution is -1.92. The molecule has 0 saturated carbocycles. The standard InChI is InChI=1S/C5H12.C3H6N4/c1-3-5-4-2;1-3-4-5-6-7(3)2/h3-5H2,1-2H3;1-2H3. The minimum absolute atomic E-state index is 0.833. The molecule has 0 aromatic carbocycles. The van der Waals surface area contributed by atoms with Gasteiger partial charge in [-0.1, -0.05) is 33.1 Å². The largest absolute Gasteiger partial charge is 0.233 e. The molecule has 0 saturated heterocycles. The summed E-state index contributed by atoms with van der Waals surface area (Å²) in [6.45, 7) is 6.27. The first-order chi connectivity index (χ1) is 5.72. The van der Waals surface area contributed by atoms with E-state index in [0.29, 0.717) is 0 Å². The van der Waals surface area contributed by atoms with Crippen molar-refractivity contribution in [1.29, 1.82) is 0 Å². The Morgan fingerprint density at radius 3 is 1.92 bits per heavy atom. The normalized spacial score (nSPS) is 9.00. The molecule has 70 valence electrons. The summed E-state index contributed by atoms with van der Waals surface area (Å²) in [6.07, 6.45) is 4.08.